The van der Waals surface area contributed by atoms with E-state index in [1.54, 1.807) is 0 Å². The van der Waals surface area contributed by atoms with Crippen LogP contribution in [0.3, 0.4) is 0 Å². The normalized spacial score (nSPS) is 17.5. The van der Waals surface area contributed by atoms with Gasteiger partial charge in [-0.25, -0.2) is 8.78 Å². The van der Waals surface area contributed by atoms with Gasteiger partial charge in [0, 0.05) is 49.9 Å². The average Bonchev–Trinajstić information content (AvgIpc) is 2.53. The summed E-state index contributed by atoms with van der Waals surface area (Å²) >= 11 is 0. The molecule has 3 nitrogen and oxygen atoms in total. The molecule has 1 atom stereocenters. The summed E-state index contributed by atoms with van der Waals surface area (Å²) in [6.45, 7) is 5.51. The van der Waals surface area contributed by atoms with Crippen molar-refractivity contribution in [3.8, 4) is 5.75 Å². The number of benzene rings is 1. The van der Waals surface area contributed by atoms with Crippen molar-refractivity contribution in [3.05, 3.63) is 29.3 Å². The third-order valence-corrected chi connectivity index (χ3v) is 4.29. The molecule has 0 aromatic heterocycles. The van der Waals surface area contributed by atoms with Gasteiger partial charge in [-0.05, 0) is 6.42 Å². The van der Waals surface area contributed by atoms with Crippen LogP contribution in [0.5, 0.6) is 5.75 Å². The number of hydrogen-bond acceptors (Lipinski definition) is 3. The monoisotopic (exact) mass is 312 g/mol. The van der Waals surface area contributed by atoms with Gasteiger partial charge in [-0.15, -0.1) is 0 Å². The Morgan fingerprint density at radius 2 is 1.82 bits per heavy atom. The molecule has 1 N–H and O–H groups in total. The molecule has 1 heterocycles. The van der Waals surface area contributed by atoms with E-state index in [-0.39, 0.29) is 17.4 Å². The second-order valence-electron chi connectivity index (χ2n) is 5.80. The maximum atomic E-state index is 14.4. The Morgan fingerprint density at radius 1 is 1.18 bits per heavy atom. The molecule has 2 rings (SSSR count). The van der Waals surface area contributed by atoms with Crippen molar-refractivity contribution in [1.29, 1.82) is 0 Å². The highest BCUT2D eigenvalue weighted by molar-refractivity contribution is 5.32. The fourth-order valence-corrected chi connectivity index (χ4v) is 3.09. The molecule has 1 saturated heterocycles. The molecule has 1 aliphatic heterocycles. The summed E-state index contributed by atoms with van der Waals surface area (Å²) in [6, 6.07) is 2.38. The van der Waals surface area contributed by atoms with Gasteiger partial charge >= 0.3 is 0 Å². The Bertz CT molecular complexity index is 453. The van der Waals surface area contributed by atoms with Crippen LogP contribution in [-0.2, 0) is 0 Å². The van der Waals surface area contributed by atoms with E-state index in [4.69, 9.17) is 4.74 Å². The minimum atomic E-state index is -0.503. The van der Waals surface area contributed by atoms with Crippen molar-refractivity contribution in [3.63, 3.8) is 0 Å². The second kappa shape index (κ2) is 8.44. The van der Waals surface area contributed by atoms with Crippen LogP contribution in [0.15, 0.2) is 12.1 Å². The second-order valence-corrected chi connectivity index (χ2v) is 5.80. The zero-order valence-electron chi connectivity index (χ0n) is 13.5. The highest BCUT2D eigenvalue weighted by Crippen LogP contribution is 2.33. The van der Waals surface area contributed by atoms with Gasteiger partial charge in [0.05, 0.1) is 7.11 Å². The first-order valence-electron chi connectivity index (χ1n) is 8.15. The average molecular weight is 312 g/mol. The largest absolute Gasteiger partial charge is 0.497 e. The molecular formula is C17H26F2N2O. The molecule has 1 aromatic carbocycles. The Kier molecular flexibility index (Phi) is 6.58. The van der Waals surface area contributed by atoms with Crippen LogP contribution in [0, 0.1) is 11.6 Å². The molecule has 0 unspecified atom stereocenters. The van der Waals surface area contributed by atoms with Crippen LogP contribution in [0.2, 0.25) is 0 Å². The molecule has 0 saturated carbocycles. The summed E-state index contributed by atoms with van der Waals surface area (Å²) in [4.78, 5) is 2.19. The number of methoxy groups -OCH3 is 1. The predicted octanol–water partition coefficient (Wildman–Crippen LogP) is 3.50. The molecule has 0 amide bonds. The van der Waals surface area contributed by atoms with E-state index in [1.165, 1.54) is 19.2 Å². The van der Waals surface area contributed by atoms with E-state index in [1.807, 2.05) is 0 Å². The summed E-state index contributed by atoms with van der Waals surface area (Å²) in [6.07, 6.45) is 3.95. The van der Waals surface area contributed by atoms with Crippen molar-refractivity contribution < 1.29 is 13.5 Å². The fraction of sp³-hybridized carbons (Fsp3) is 0.647. The zero-order valence-corrected chi connectivity index (χ0v) is 13.5. The van der Waals surface area contributed by atoms with Crippen LogP contribution < -0.4 is 10.1 Å². The van der Waals surface area contributed by atoms with Gasteiger partial charge in [-0.2, -0.15) is 0 Å². The van der Waals surface area contributed by atoms with Gasteiger partial charge in [-0.3, -0.25) is 4.90 Å². The summed E-state index contributed by atoms with van der Waals surface area (Å²) in [5, 5.41) is 3.29. The highest BCUT2D eigenvalue weighted by Gasteiger charge is 2.27. The Labute approximate surface area is 131 Å². The number of nitrogens with one attached hydrogen (secondary N) is 1. The van der Waals surface area contributed by atoms with Crippen LogP contribution in [0.4, 0.5) is 8.78 Å². The maximum Gasteiger partial charge on any atom is 0.134 e. The van der Waals surface area contributed by atoms with Crippen molar-refractivity contribution in [2.45, 2.75) is 38.6 Å². The minimum absolute atomic E-state index is 0.193. The Hall–Kier alpha value is -1.20. The van der Waals surface area contributed by atoms with Crippen LogP contribution in [-0.4, -0.2) is 38.2 Å². The highest BCUT2D eigenvalue weighted by atomic mass is 19.1. The van der Waals surface area contributed by atoms with E-state index in [0.29, 0.717) is 0 Å². The molecule has 0 bridgehead atoms. The topological polar surface area (TPSA) is 24.5 Å². The van der Waals surface area contributed by atoms with Gasteiger partial charge in [0.1, 0.15) is 17.4 Å². The minimum Gasteiger partial charge on any atom is -0.497 e. The van der Waals surface area contributed by atoms with E-state index in [2.05, 4.69) is 17.1 Å². The molecule has 1 fully saturated rings. The third-order valence-electron chi connectivity index (χ3n) is 4.29. The van der Waals surface area contributed by atoms with E-state index < -0.39 is 11.6 Å². The lowest BCUT2D eigenvalue weighted by Gasteiger charge is -2.35. The number of unbranched alkanes of at least 4 members (excludes halogenated alkanes) is 2. The van der Waals surface area contributed by atoms with E-state index in [0.717, 1.165) is 51.9 Å². The molecule has 0 radical (unpaired) electrons. The van der Waals surface area contributed by atoms with Crippen molar-refractivity contribution in [2.24, 2.45) is 0 Å². The number of halogens is 2. The third kappa shape index (κ3) is 4.17. The molecular weight excluding hydrogens is 286 g/mol. The van der Waals surface area contributed by atoms with Crippen molar-refractivity contribution >= 4 is 0 Å². The SMILES string of the molecule is CCCCC[C@H](c1c(F)cc(OC)cc1F)N1CCNCC1. The lowest BCUT2D eigenvalue weighted by molar-refractivity contribution is 0.156. The number of hydrogen-bond donors (Lipinski definition) is 1. The number of piperazine rings is 1. The van der Waals surface area contributed by atoms with Gasteiger partial charge in [0.15, 0.2) is 0 Å². The fourth-order valence-electron chi connectivity index (χ4n) is 3.09. The quantitative estimate of drug-likeness (QED) is 0.780. The zero-order chi connectivity index (χ0) is 15.9. The predicted molar refractivity (Wildman–Crippen MR) is 84.2 cm³/mol. The molecule has 22 heavy (non-hydrogen) atoms. The van der Waals surface area contributed by atoms with Gasteiger partial charge in [0.2, 0.25) is 0 Å². The Balaban J connectivity index is 2.26. The molecule has 124 valence electrons. The van der Waals surface area contributed by atoms with Crippen molar-refractivity contribution in [2.75, 3.05) is 33.3 Å². The summed E-state index contributed by atoms with van der Waals surface area (Å²) < 4.78 is 33.9. The van der Waals surface area contributed by atoms with Crippen molar-refractivity contribution in [1.82, 2.24) is 10.2 Å². The standard InChI is InChI=1S/C17H26F2N2O/c1-3-4-5-6-16(21-9-7-20-8-10-21)17-14(18)11-13(22-2)12-15(17)19/h11-12,16,20H,3-10H2,1-2H3/t16-/m1/s1. The molecule has 1 aromatic rings. The first-order chi connectivity index (χ1) is 10.7. The van der Waals surface area contributed by atoms with Crippen LogP contribution >= 0.6 is 0 Å². The van der Waals surface area contributed by atoms with E-state index >= 15 is 0 Å². The lowest BCUT2D eigenvalue weighted by atomic mass is 9.97. The summed E-state index contributed by atoms with van der Waals surface area (Å²) in [7, 11) is 1.42. The molecule has 0 aliphatic carbocycles. The first-order valence-corrected chi connectivity index (χ1v) is 8.15. The van der Waals surface area contributed by atoms with E-state index in [9.17, 15) is 8.78 Å². The molecule has 0 spiro atoms. The van der Waals surface area contributed by atoms with Gasteiger partial charge in [-0.1, -0.05) is 26.2 Å². The van der Waals surface area contributed by atoms with Gasteiger partial charge in [0.25, 0.3) is 0 Å². The summed E-state index contributed by atoms with van der Waals surface area (Å²) in [5.41, 5.74) is 0.193. The first kappa shape index (κ1) is 17.2. The summed E-state index contributed by atoms with van der Waals surface area (Å²) in [5.74, 6) is -0.778. The molecule has 5 heteroatoms. The number of rotatable bonds is 7. The Morgan fingerprint density at radius 3 is 2.36 bits per heavy atom. The van der Waals surface area contributed by atoms with Crippen LogP contribution in [0.25, 0.3) is 0 Å². The number of nitrogens with zero attached hydrogens (tertiary/aromatic N) is 1. The van der Waals surface area contributed by atoms with Gasteiger partial charge < -0.3 is 10.1 Å². The lowest BCUT2D eigenvalue weighted by Crippen LogP contribution is -2.45. The smallest absolute Gasteiger partial charge is 0.134 e. The number of ether oxygens (including phenoxy) is 1. The van der Waals surface area contributed by atoms with Crippen LogP contribution in [0.1, 0.15) is 44.2 Å². The maximum absolute atomic E-state index is 14.4. The molecule has 1 aliphatic rings.